The first-order valence-corrected chi connectivity index (χ1v) is 6.45. The average Bonchev–Trinajstić information content (AvgIpc) is 2.43. The van der Waals surface area contributed by atoms with Crippen LogP contribution < -0.4 is 10.6 Å². The Morgan fingerprint density at radius 1 is 1.00 bits per heavy atom. The molecular weight excluding hydrogens is 271 g/mol. The fraction of sp³-hybridized carbons (Fsp3) is 0.125. The lowest BCUT2D eigenvalue weighted by Crippen LogP contribution is -2.15. The third kappa shape index (κ3) is 4.42. The molecule has 4 nitrogen and oxygen atoms in total. The molecule has 0 saturated carbocycles. The van der Waals surface area contributed by atoms with Crippen LogP contribution in [0.15, 0.2) is 48.5 Å². The molecule has 0 fully saturated rings. The zero-order valence-corrected chi connectivity index (χ0v) is 11.5. The smallest absolute Gasteiger partial charge is 0.228 e. The highest BCUT2D eigenvalue weighted by molar-refractivity contribution is 5.92. The summed E-state index contributed by atoms with van der Waals surface area (Å²) in [6.07, 6.45) is 0.134. The van der Waals surface area contributed by atoms with Gasteiger partial charge in [0, 0.05) is 12.6 Å². The second-order valence-corrected chi connectivity index (χ2v) is 4.58. The van der Waals surface area contributed by atoms with Crippen LogP contribution in [0.3, 0.4) is 0 Å². The van der Waals surface area contributed by atoms with Gasteiger partial charge in [-0.3, -0.25) is 9.59 Å². The van der Waals surface area contributed by atoms with E-state index in [2.05, 4.69) is 10.6 Å². The van der Waals surface area contributed by atoms with Gasteiger partial charge in [-0.25, -0.2) is 4.39 Å². The van der Waals surface area contributed by atoms with Gasteiger partial charge in [0.2, 0.25) is 11.8 Å². The van der Waals surface area contributed by atoms with Crippen LogP contribution >= 0.6 is 0 Å². The van der Waals surface area contributed by atoms with Gasteiger partial charge in [-0.2, -0.15) is 0 Å². The van der Waals surface area contributed by atoms with Crippen molar-refractivity contribution in [2.75, 3.05) is 10.6 Å². The number of nitrogens with one attached hydrogen (secondary N) is 2. The first kappa shape index (κ1) is 14.7. The SMILES string of the molecule is CC(=O)Nc1ccc(CC(=O)Nc2ccccc2F)cc1. The molecule has 0 radical (unpaired) electrons. The highest BCUT2D eigenvalue weighted by atomic mass is 19.1. The number of halogens is 1. The van der Waals surface area contributed by atoms with Crippen molar-refractivity contribution >= 4 is 23.2 Å². The molecule has 0 aliphatic rings. The van der Waals surface area contributed by atoms with Gasteiger partial charge in [0.25, 0.3) is 0 Å². The maximum absolute atomic E-state index is 13.4. The van der Waals surface area contributed by atoms with E-state index in [1.165, 1.54) is 19.1 Å². The van der Waals surface area contributed by atoms with Crippen molar-refractivity contribution in [3.05, 3.63) is 59.9 Å². The molecule has 0 aliphatic heterocycles. The monoisotopic (exact) mass is 286 g/mol. The van der Waals surface area contributed by atoms with Crippen LogP contribution in [0.5, 0.6) is 0 Å². The lowest BCUT2D eigenvalue weighted by molar-refractivity contribution is -0.116. The summed E-state index contributed by atoms with van der Waals surface area (Å²) in [5.74, 6) is -0.917. The molecule has 2 N–H and O–H groups in total. The second kappa shape index (κ2) is 6.65. The van der Waals surface area contributed by atoms with Crippen molar-refractivity contribution in [3.63, 3.8) is 0 Å². The van der Waals surface area contributed by atoms with Crippen LogP contribution in [-0.4, -0.2) is 11.8 Å². The number of rotatable bonds is 4. The molecule has 0 heterocycles. The number of carbonyl (C=O) groups is 2. The molecule has 0 aromatic heterocycles. The Morgan fingerprint density at radius 2 is 1.67 bits per heavy atom. The lowest BCUT2D eigenvalue weighted by Gasteiger charge is -2.07. The Morgan fingerprint density at radius 3 is 2.29 bits per heavy atom. The van der Waals surface area contributed by atoms with Crippen molar-refractivity contribution in [3.8, 4) is 0 Å². The van der Waals surface area contributed by atoms with Gasteiger partial charge < -0.3 is 10.6 Å². The first-order valence-electron chi connectivity index (χ1n) is 6.45. The highest BCUT2D eigenvalue weighted by Gasteiger charge is 2.07. The molecule has 21 heavy (non-hydrogen) atoms. The summed E-state index contributed by atoms with van der Waals surface area (Å²) in [4.78, 5) is 22.7. The molecule has 0 bridgehead atoms. The fourth-order valence-electron chi connectivity index (χ4n) is 1.85. The van der Waals surface area contributed by atoms with Gasteiger partial charge in [-0.15, -0.1) is 0 Å². The number of anilines is 2. The number of carbonyl (C=O) groups excluding carboxylic acids is 2. The van der Waals surface area contributed by atoms with Crippen LogP contribution in [0.1, 0.15) is 12.5 Å². The van der Waals surface area contributed by atoms with Crippen molar-refractivity contribution in [1.82, 2.24) is 0 Å². The summed E-state index contributed by atoms with van der Waals surface area (Å²) >= 11 is 0. The van der Waals surface area contributed by atoms with Gasteiger partial charge in [0.15, 0.2) is 0 Å². The molecule has 0 saturated heterocycles. The minimum absolute atomic E-state index is 0.134. The van der Waals surface area contributed by atoms with Crippen LogP contribution in [0.25, 0.3) is 0 Å². The maximum atomic E-state index is 13.4. The van der Waals surface area contributed by atoms with E-state index in [1.54, 1.807) is 36.4 Å². The minimum Gasteiger partial charge on any atom is -0.326 e. The highest BCUT2D eigenvalue weighted by Crippen LogP contribution is 2.14. The molecule has 2 rings (SSSR count). The molecule has 5 heteroatoms. The first-order chi connectivity index (χ1) is 10.0. The van der Waals surface area contributed by atoms with Crippen molar-refractivity contribution in [1.29, 1.82) is 0 Å². The minimum atomic E-state index is -0.466. The average molecular weight is 286 g/mol. The third-order valence-electron chi connectivity index (χ3n) is 2.79. The topological polar surface area (TPSA) is 58.2 Å². The molecule has 2 aromatic carbocycles. The Hall–Kier alpha value is -2.69. The fourth-order valence-corrected chi connectivity index (χ4v) is 1.85. The Labute approximate surface area is 122 Å². The lowest BCUT2D eigenvalue weighted by atomic mass is 10.1. The summed E-state index contributed by atoms with van der Waals surface area (Å²) in [5.41, 5.74) is 1.61. The molecule has 108 valence electrons. The van der Waals surface area contributed by atoms with Crippen LogP contribution in [0, 0.1) is 5.82 Å². The zero-order valence-electron chi connectivity index (χ0n) is 11.5. The standard InChI is InChI=1S/C16H15FN2O2/c1-11(20)18-13-8-6-12(7-9-13)10-16(21)19-15-5-3-2-4-14(15)17/h2-9H,10H2,1H3,(H,18,20)(H,19,21). The summed E-state index contributed by atoms with van der Waals surface area (Å²) in [6.45, 7) is 1.43. The third-order valence-corrected chi connectivity index (χ3v) is 2.79. The number of amides is 2. The number of hydrogen-bond donors (Lipinski definition) is 2. The maximum Gasteiger partial charge on any atom is 0.228 e. The van der Waals surface area contributed by atoms with Crippen LogP contribution in [0.4, 0.5) is 15.8 Å². The van der Waals surface area contributed by atoms with Gasteiger partial charge >= 0.3 is 0 Å². The molecular formula is C16H15FN2O2. The largest absolute Gasteiger partial charge is 0.326 e. The number of benzene rings is 2. The normalized spacial score (nSPS) is 10.0. The van der Waals surface area contributed by atoms with Crippen molar-refractivity contribution in [2.45, 2.75) is 13.3 Å². The molecule has 0 aliphatic carbocycles. The van der Waals surface area contributed by atoms with Gasteiger partial charge in [-0.05, 0) is 29.8 Å². The number of hydrogen-bond acceptors (Lipinski definition) is 2. The van der Waals surface area contributed by atoms with E-state index in [0.717, 1.165) is 5.56 Å². The molecule has 0 spiro atoms. The summed E-state index contributed by atoms with van der Waals surface area (Å²) < 4.78 is 13.4. The zero-order chi connectivity index (χ0) is 15.2. The van der Waals surface area contributed by atoms with E-state index < -0.39 is 5.82 Å². The Balaban J connectivity index is 1.96. The van der Waals surface area contributed by atoms with E-state index in [-0.39, 0.29) is 23.9 Å². The summed E-state index contributed by atoms with van der Waals surface area (Å²) in [7, 11) is 0. The van der Waals surface area contributed by atoms with Gasteiger partial charge in [0.1, 0.15) is 5.82 Å². The van der Waals surface area contributed by atoms with Crippen molar-refractivity contribution < 1.29 is 14.0 Å². The molecule has 0 atom stereocenters. The summed E-state index contributed by atoms with van der Waals surface area (Å²) in [6, 6.07) is 12.9. The van der Waals surface area contributed by atoms with Crippen molar-refractivity contribution in [2.24, 2.45) is 0 Å². The van der Waals surface area contributed by atoms with E-state index in [9.17, 15) is 14.0 Å². The Bertz CT molecular complexity index is 654. The molecule has 2 aromatic rings. The molecule has 0 unspecified atom stereocenters. The van der Waals surface area contributed by atoms with E-state index in [1.807, 2.05) is 0 Å². The summed E-state index contributed by atoms with van der Waals surface area (Å²) in [5, 5.41) is 5.17. The van der Waals surface area contributed by atoms with Crippen LogP contribution in [-0.2, 0) is 16.0 Å². The Kier molecular flexibility index (Phi) is 4.66. The predicted molar refractivity (Wildman–Crippen MR) is 79.5 cm³/mol. The van der Waals surface area contributed by atoms with Gasteiger partial charge in [-0.1, -0.05) is 24.3 Å². The van der Waals surface area contributed by atoms with E-state index >= 15 is 0 Å². The van der Waals surface area contributed by atoms with E-state index in [4.69, 9.17) is 0 Å². The predicted octanol–water partition coefficient (Wildman–Crippen LogP) is 2.97. The second-order valence-electron chi connectivity index (χ2n) is 4.58. The quantitative estimate of drug-likeness (QED) is 0.907. The van der Waals surface area contributed by atoms with Crippen LogP contribution in [0.2, 0.25) is 0 Å². The number of para-hydroxylation sites is 1. The molecule has 2 amide bonds. The van der Waals surface area contributed by atoms with E-state index in [0.29, 0.717) is 5.69 Å². The van der Waals surface area contributed by atoms with Gasteiger partial charge in [0.05, 0.1) is 12.1 Å².